The average molecular weight is 139 g/mol. The number of nitriles is 1. The second-order valence-electron chi connectivity index (χ2n) is 3.30. The molecule has 0 aromatic carbocycles. The van der Waals surface area contributed by atoms with Gasteiger partial charge in [0.2, 0.25) is 0 Å². The molecule has 1 fully saturated rings. The van der Waals surface area contributed by atoms with E-state index < -0.39 is 0 Å². The molecule has 3 heteroatoms. The van der Waals surface area contributed by atoms with Crippen LogP contribution in [0.5, 0.6) is 0 Å². The molecule has 0 amide bonds. The maximum Gasteiger partial charge on any atom is 0.179 e. The Hall–Kier alpha value is -0.750. The standard InChI is InChI=1S/C7H13N3/c1-7(3-9-2)4-10(5-7)6-8/h9H,3-5H2,1-2H3. The zero-order valence-electron chi connectivity index (χ0n) is 6.52. The molecule has 0 radical (unpaired) electrons. The first-order valence-corrected chi connectivity index (χ1v) is 3.49. The summed E-state index contributed by atoms with van der Waals surface area (Å²) >= 11 is 0. The maximum atomic E-state index is 8.44. The number of nitrogens with one attached hydrogen (secondary N) is 1. The molecule has 0 aromatic rings. The molecule has 0 aliphatic carbocycles. The Morgan fingerprint density at radius 1 is 1.70 bits per heavy atom. The van der Waals surface area contributed by atoms with Gasteiger partial charge in [-0.15, -0.1) is 0 Å². The van der Waals surface area contributed by atoms with Gasteiger partial charge in [0, 0.05) is 25.0 Å². The fourth-order valence-electron chi connectivity index (χ4n) is 1.48. The van der Waals surface area contributed by atoms with Crippen molar-refractivity contribution >= 4 is 0 Å². The molecule has 1 rings (SSSR count). The van der Waals surface area contributed by atoms with Crippen molar-refractivity contribution in [1.82, 2.24) is 10.2 Å². The smallest absolute Gasteiger partial charge is 0.179 e. The summed E-state index contributed by atoms with van der Waals surface area (Å²) in [4.78, 5) is 1.78. The van der Waals surface area contributed by atoms with E-state index in [9.17, 15) is 0 Å². The van der Waals surface area contributed by atoms with Crippen LogP contribution in [0.25, 0.3) is 0 Å². The molecule has 1 heterocycles. The van der Waals surface area contributed by atoms with Gasteiger partial charge in [0.1, 0.15) is 0 Å². The van der Waals surface area contributed by atoms with E-state index in [0.29, 0.717) is 5.41 Å². The first kappa shape index (κ1) is 7.36. The molecule has 1 aliphatic heterocycles. The summed E-state index contributed by atoms with van der Waals surface area (Å²) in [5.41, 5.74) is 0.338. The number of hydrogen-bond donors (Lipinski definition) is 1. The van der Waals surface area contributed by atoms with E-state index in [1.807, 2.05) is 7.05 Å². The van der Waals surface area contributed by atoms with Crippen molar-refractivity contribution in [3.05, 3.63) is 0 Å². The van der Waals surface area contributed by atoms with Crippen LogP contribution in [0.4, 0.5) is 0 Å². The highest BCUT2D eigenvalue weighted by atomic mass is 15.2. The van der Waals surface area contributed by atoms with Gasteiger partial charge < -0.3 is 10.2 Å². The van der Waals surface area contributed by atoms with E-state index in [-0.39, 0.29) is 0 Å². The normalized spacial score (nSPS) is 21.5. The van der Waals surface area contributed by atoms with Crippen LogP contribution in [0.1, 0.15) is 6.92 Å². The van der Waals surface area contributed by atoms with Crippen molar-refractivity contribution in [2.75, 3.05) is 26.7 Å². The second-order valence-corrected chi connectivity index (χ2v) is 3.30. The third-order valence-electron chi connectivity index (χ3n) is 1.89. The summed E-state index contributed by atoms with van der Waals surface area (Å²) in [7, 11) is 1.94. The fourth-order valence-corrected chi connectivity index (χ4v) is 1.48. The van der Waals surface area contributed by atoms with E-state index in [0.717, 1.165) is 19.6 Å². The number of hydrogen-bond acceptors (Lipinski definition) is 3. The van der Waals surface area contributed by atoms with Crippen molar-refractivity contribution in [2.24, 2.45) is 5.41 Å². The van der Waals surface area contributed by atoms with Crippen molar-refractivity contribution in [3.8, 4) is 6.19 Å². The van der Waals surface area contributed by atoms with Gasteiger partial charge in [0.25, 0.3) is 0 Å². The first-order chi connectivity index (χ1) is 4.70. The summed E-state index contributed by atoms with van der Waals surface area (Å²) in [5, 5.41) is 11.6. The molecule has 0 saturated carbocycles. The van der Waals surface area contributed by atoms with Crippen molar-refractivity contribution < 1.29 is 0 Å². The largest absolute Gasteiger partial charge is 0.319 e. The minimum absolute atomic E-state index is 0.338. The summed E-state index contributed by atoms with van der Waals surface area (Å²) in [6, 6.07) is 0. The third kappa shape index (κ3) is 1.22. The van der Waals surface area contributed by atoms with Crippen LogP contribution >= 0.6 is 0 Å². The highest BCUT2D eigenvalue weighted by Crippen LogP contribution is 2.27. The van der Waals surface area contributed by atoms with Crippen LogP contribution in [0.2, 0.25) is 0 Å². The van der Waals surface area contributed by atoms with Crippen molar-refractivity contribution in [1.29, 1.82) is 5.26 Å². The zero-order chi connectivity index (χ0) is 7.61. The van der Waals surface area contributed by atoms with Gasteiger partial charge in [-0.25, -0.2) is 0 Å². The molecule has 56 valence electrons. The van der Waals surface area contributed by atoms with Gasteiger partial charge in [0.05, 0.1) is 0 Å². The maximum absolute atomic E-state index is 8.44. The Balaban J connectivity index is 2.29. The average Bonchev–Trinajstić information content (AvgIpc) is 1.83. The molecule has 3 nitrogen and oxygen atoms in total. The topological polar surface area (TPSA) is 39.1 Å². The summed E-state index contributed by atoms with van der Waals surface area (Å²) in [6.07, 6.45) is 2.12. The Morgan fingerprint density at radius 3 is 2.70 bits per heavy atom. The van der Waals surface area contributed by atoms with Crippen LogP contribution < -0.4 is 5.32 Å². The van der Waals surface area contributed by atoms with E-state index in [2.05, 4.69) is 18.4 Å². The van der Waals surface area contributed by atoms with Crippen molar-refractivity contribution in [3.63, 3.8) is 0 Å². The van der Waals surface area contributed by atoms with Gasteiger partial charge >= 0.3 is 0 Å². The molecular formula is C7H13N3. The van der Waals surface area contributed by atoms with Gasteiger partial charge in [-0.3, -0.25) is 0 Å². The van der Waals surface area contributed by atoms with E-state index in [1.54, 1.807) is 4.90 Å². The van der Waals surface area contributed by atoms with Crippen molar-refractivity contribution in [2.45, 2.75) is 6.92 Å². The lowest BCUT2D eigenvalue weighted by atomic mass is 9.82. The predicted molar refractivity (Wildman–Crippen MR) is 39.2 cm³/mol. The molecule has 1 N–H and O–H groups in total. The fraction of sp³-hybridized carbons (Fsp3) is 0.857. The van der Waals surface area contributed by atoms with Crippen LogP contribution in [-0.2, 0) is 0 Å². The third-order valence-corrected chi connectivity index (χ3v) is 1.89. The monoisotopic (exact) mass is 139 g/mol. The van der Waals surface area contributed by atoms with Crippen LogP contribution in [-0.4, -0.2) is 31.6 Å². The quantitative estimate of drug-likeness (QED) is 0.548. The molecular weight excluding hydrogens is 126 g/mol. The summed E-state index contributed by atoms with van der Waals surface area (Å²) in [5.74, 6) is 0. The number of likely N-dealkylation sites (tertiary alicyclic amines) is 1. The summed E-state index contributed by atoms with van der Waals surface area (Å²) < 4.78 is 0. The van der Waals surface area contributed by atoms with Crippen LogP contribution in [0.15, 0.2) is 0 Å². The van der Waals surface area contributed by atoms with E-state index >= 15 is 0 Å². The lowest BCUT2D eigenvalue weighted by molar-refractivity contribution is 0.0680. The minimum atomic E-state index is 0.338. The Bertz CT molecular complexity index is 153. The lowest BCUT2D eigenvalue weighted by Gasteiger charge is -2.44. The molecule has 0 bridgehead atoms. The van der Waals surface area contributed by atoms with Gasteiger partial charge in [0.15, 0.2) is 6.19 Å². The van der Waals surface area contributed by atoms with E-state index in [4.69, 9.17) is 5.26 Å². The molecule has 0 aromatic heterocycles. The van der Waals surface area contributed by atoms with Crippen LogP contribution in [0, 0.1) is 16.9 Å². The Labute approximate surface area is 61.6 Å². The highest BCUT2D eigenvalue weighted by Gasteiger charge is 2.37. The molecule has 0 atom stereocenters. The molecule has 0 unspecified atom stereocenters. The van der Waals surface area contributed by atoms with Crippen LogP contribution in [0.3, 0.4) is 0 Å². The first-order valence-electron chi connectivity index (χ1n) is 3.49. The zero-order valence-corrected chi connectivity index (χ0v) is 6.52. The lowest BCUT2D eigenvalue weighted by Crippen LogP contribution is -2.56. The number of rotatable bonds is 2. The summed E-state index contributed by atoms with van der Waals surface area (Å²) in [6.45, 7) is 5.01. The van der Waals surface area contributed by atoms with Gasteiger partial charge in [-0.05, 0) is 7.05 Å². The Morgan fingerprint density at radius 2 is 2.30 bits per heavy atom. The highest BCUT2D eigenvalue weighted by molar-refractivity contribution is 4.98. The molecule has 10 heavy (non-hydrogen) atoms. The number of nitrogens with zero attached hydrogens (tertiary/aromatic N) is 2. The predicted octanol–water partition coefficient (Wildman–Crippen LogP) is 0.00878. The Kier molecular flexibility index (Phi) is 1.82. The second kappa shape index (κ2) is 2.47. The van der Waals surface area contributed by atoms with Gasteiger partial charge in [-0.2, -0.15) is 5.26 Å². The SMILES string of the molecule is CNCC1(C)CN(C#N)C1. The molecule has 1 aliphatic rings. The minimum Gasteiger partial charge on any atom is -0.319 e. The van der Waals surface area contributed by atoms with E-state index in [1.165, 1.54) is 0 Å². The van der Waals surface area contributed by atoms with Gasteiger partial charge in [-0.1, -0.05) is 6.92 Å². The molecule has 0 spiro atoms. The molecule has 1 saturated heterocycles.